The zero-order chi connectivity index (χ0) is 14.5. The summed E-state index contributed by atoms with van der Waals surface area (Å²) in [6.07, 6.45) is 0.804. The van der Waals surface area contributed by atoms with Gasteiger partial charge in [-0.3, -0.25) is 0 Å². The highest BCUT2D eigenvalue weighted by Gasteiger charge is 2.06. The van der Waals surface area contributed by atoms with Crippen LogP contribution < -0.4 is 4.74 Å². The molecule has 0 fully saturated rings. The van der Waals surface area contributed by atoms with E-state index in [0.29, 0.717) is 11.0 Å². The summed E-state index contributed by atoms with van der Waals surface area (Å²) in [5, 5.41) is 8.04. The molecule has 0 radical (unpaired) electrons. The molecule has 0 atom stereocenters. The van der Waals surface area contributed by atoms with Crippen LogP contribution in [0.1, 0.15) is 11.1 Å². The summed E-state index contributed by atoms with van der Waals surface area (Å²) in [4.78, 5) is 0. The van der Waals surface area contributed by atoms with E-state index in [0.717, 1.165) is 17.7 Å². The number of nitrogens with zero attached hydrogens (tertiary/aromatic N) is 2. The second-order valence-corrected chi connectivity index (χ2v) is 4.95. The molecule has 0 saturated heterocycles. The Morgan fingerprint density at radius 3 is 2.33 bits per heavy atom. The highest BCUT2D eigenvalue weighted by Crippen LogP contribution is 2.26. The van der Waals surface area contributed by atoms with E-state index in [-0.39, 0.29) is 0 Å². The van der Waals surface area contributed by atoms with Gasteiger partial charge >= 0.3 is 0 Å². The Morgan fingerprint density at radius 1 is 0.810 bits per heavy atom. The van der Waals surface area contributed by atoms with Crippen LogP contribution in [-0.4, -0.2) is 10.2 Å². The number of para-hydroxylation sites is 1. The Kier molecular flexibility index (Phi) is 4.12. The monoisotopic (exact) mass is 296 g/mol. The lowest BCUT2D eigenvalue weighted by Gasteiger charge is -2.10. The van der Waals surface area contributed by atoms with Crippen LogP contribution in [0.2, 0.25) is 5.15 Å². The van der Waals surface area contributed by atoms with E-state index < -0.39 is 0 Å². The molecule has 0 N–H and O–H groups in total. The molecule has 3 rings (SSSR count). The number of hydrogen-bond acceptors (Lipinski definition) is 3. The van der Waals surface area contributed by atoms with Gasteiger partial charge in [-0.05, 0) is 23.3 Å². The predicted molar refractivity (Wildman–Crippen MR) is 82.8 cm³/mol. The maximum absolute atomic E-state index is 5.80. The second kappa shape index (κ2) is 6.37. The highest BCUT2D eigenvalue weighted by molar-refractivity contribution is 6.29. The Hall–Kier alpha value is -2.39. The Balaban J connectivity index is 1.84. The van der Waals surface area contributed by atoms with Crippen LogP contribution in [0.5, 0.6) is 11.6 Å². The third kappa shape index (κ3) is 3.58. The van der Waals surface area contributed by atoms with Gasteiger partial charge in [0.05, 0.1) is 0 Å². The number of ether oxygens (including phenoxy) is 1. The molecule has 2 aromatic carbocycles. The smallest absolute Gasteiger partial charge is 0.238 e. The standard InChI is InChI=1S/C17H13ClN2O/c18-16-10-11-17(20-19-16)21-15-9-5-4-8-14(15)12-13-6-2-1-3-7-13/h1-11H,12H2. The lowest BCUT2D eigenvalue weighted by atomic mass is 10.0. The van der Waals surface area contributed by atoms with Gasteiger partial charge in [-0.25, -0.2) is 0 Å². The zero-order valence-corrected chi connectivity index (χ0v) is 12.0. The van der Waals surface area contributed by atoms with Crippen molar-refractivity contribution in [2.24, 2.45) is 0 Å². The van der Waals surface area contributed by atoms with Crippen molar-refractivity contribution >= 4 is 11.6 Å². The van der Waals surface area contributed by atoms with Gasteiger partial charge < -0.3 is 4.74 Å². The minimum absolute atomic E-state index is 0.347. The van der Waals surface area contributed by atoms with E-state index in [1.165, 1.54) is 5.56 Å². The molecule has 4 heteroatoms. The summed E-state index contributed by atoms with van der Waals surface area (Å²) in [6.45, 7) is 0. The second-order valence-electron chi connectivity index (χ2n) is 4.57. The number of aromatic nitrogens is 2. The summed E-state index contributed by atoms with van der Waals surface area (Å²) in [7, 11) is 0. The van der Waals surface area contributed by atoms with Gasteiger partial charge in [0.1, 0.15) is 5.75 Å². The molecule has 21 heavy (non-hydrogen) atoms. The first-order valence-corrected chi connectivity index (χ1v) is 6.98. The average molecular weight is 297 g/mol. The van der Waals surface area contributed by atoms with Crippen molar-refractivity contribution in [3.8, 4) is 11.6 Å². The zero-order valence-electron chi connectivity index (χ0n) is 11.2. The molecule has 0 spiro atoms. The first-order chi connectivity index (χ1) is 10.3. The van der Waals surface area contributed by atoms with E-state index in [4.69, 9.17) is 16.3 Å². The molecule has 0 bridgehead atoms. The lowest BCUT2D eigenvalue weighted by molar-refractivity contribution is 0.450. The summed E-state index contributed by atoms with van der Waals surface area (Å²) in [5.74, 6) is 1.21. The van der Waals surface area contributed by atoms with Crippen LogP contribution in [0.3, 0.4) is 0 Å². The first-order valence-electron chi connectivity index (χ1n) is 6.60. The quantitative estimate of drug-likeness (QED) is 0.710. The summed E-state index contributed by atoms with van der Waals surface area (Å²) < 4.78 is 5.80. The average Bonchev–Trinajstić information content (AvgIpc) is 2.52. The van der Waals surface area contributed by atoms with Gasteiger partial charge in [0, 0.05) is 12.5 Å². The summed E-state index contributed by atoms with van der Waals surface area (Å²) in [6, 6.07) is 21.5. The van der Waals surface area contributed by atoms with E-state index in [9.17, 15) is 0 Å². The summed E-state index contributed by atoms with van der Waals surface area (Å²) >= 11 is 5.72. The molecule has 3 nitrogen and oxygen atoms in total. The molecule has 1 heterocycles. The third-order valence-electron chi connectivity index (χ3n) is 3.03. The molecule has 104 valence electrons. The van der Waals surface area contributed by atoms with Crippen LogP contribution in [0.15, 0.2) is 66.7 Å². The van der Waals surface area contributed by atoms with E-state index in [1.54, 1.807) is 12.1 Å². The van der Waals surface area contributed by atoms with Gasteiger partial charge in [-0.15, -0.1) is 10.2 Å². The van der Waals surface area contributed by atoms with Crippen LogP contribution in [0.25, 0.3) is 0 Å². The molecule has 1 aromatic heterocycles. The number of halogens is 1. The molecule has 0 aliphatic rings. The van der Waals surface area contributed by atoms with Crippen LogP contribution >= 0.6 is 11.6 Å². The van der Waals surface area contributed by atoms with Gasteiger partial charge in [-0.2, -0.15) is 0 Å². The van der Waals surface area contributed by atoms with Crippen molar-refractivity contribution in [2.75, 3.05) is 0 Å². The van der Waals surface area contributed by atoms with Crippen molar-refractivity contribution in [3.63, 3.8) is 0 Å². The first kappa shape index (κ1) is 13.6. The van der Waals surface area contributed by atoms with Gasteiger partial charge in [0.2, 0.25) is 5.88 Å². The summed E-state index contributed by atoms with van der Waals surface area (Å²) in [5.41, 5.74) is 2.33. The number of hydrogen-bond donors (Lipinski definition) is 0. The molecular weight excluding hydrogens is 284 g/mol. The topological polar surface area (TPSA) is 35.0 Å². The van der Waals surface area contributed by atoms with Crippen molar-refractivity contribution in [2.45, 2.75) is 6.42 Å². The molecule has 0 unspecified atom stereocenters. The highest BCUT2D eigenvalue weighted by atomic mass is 35.5. The fourth-order valence-corrected chi connectivity index (χ4v) is 2.14. The predicted octanol–water partition coefficient (Wildman–Crippen LogP) is 4.51. The van der Waals surface area contributed by atoms with Gasteiger partial charge in [0.25, 0.3) is 0 Å². The van der Waals surface area contributed by atoms with Crippen molar-refractivity contribution in [1.29, 1.82) is 0 Å². The van der Waals surface area contributed by atoms with E-state index in [2.05, 4.69) is 22.3 Å². The van der Waals surface area contributed by atoms with Crippen LogP contribution in [0.4, 0.5) is 0 Å². The maximum Gasteiger partial charge on any atom is 0.238 e. The Labute approximate surface area is 128 Å². The van der Waals surface area contributed by atoms with Crippen LogP contribution in [0, 0.1) is 0 Å². The maximum atomic E-state index is 5.80. The molecular formula is C17H13ClN2O. The van der Waals surface area contributed by atoms with Crippen molar-refractivity contribution < 1.29 is 4.74 Å². The van der Waals surface area contributed by atoms with Crippen molar-refractivity contribution in [3.05, 3.63) is 83.0 Å². The Bertz CT molecular complexity index is 714. The third-order valence-corrected chi connectivity index (χ3v) is 3.23. The molecule has 0 aliphatic carbocycles. The minimum atomic E-state index is 0.347. The van der Waals surface area contributed by atoms with Gasteiger partial charge in [-0.1, -0.05) is 60.1 Å². The van der Waals surface area contributed by atoms with E-state index in [1.807, 2.05) is 42.5 Å². The van der Waals surface area contributed by atoms with Crippen LogP contribution in [-0.2, 0) is 6.42 Å². The van der Waals surface area contributed by atoms with E-state index >= 15 is 0 Å². The molecule has 0 amide bonds. The SMILES string of the molecule is Clc1ccc(Oc2ccccc2Cc2ccccc2)nn1. The number of benzene rings is 2. The molecule has 3 aromatic rings. The largest absolute Gasteiger partial charge is 0.437 e. The Morgan fingerprint density at radius 2 is 1.57 bits per heavy atom. The molecule has 0 saturated carbocycles. The van der Waals surface area contributed by atoms with Crippen molar-refractivity contribution in [1.82, 2.24) is 10.2 Å². The normalized spacial score (nSPS) is 10.3. The fraction of sp³-hybridized carbons (Fsp3) is 0.0588. The van der Waals surface area contributed by atoms with Gasteiger partial charge in [0.15, 0.2) is 5.15 Å². The fourth-order valence-electron chi connectivity index (χ4n) is 2.04. The number of rotatable bonds is 4. The molecule has 0 aliphatic heterocycles. The lowest BCUT2D eigenvalue weighted by Crippen LogP contribution is -1.95. The minimum Gasteiger partial charge on any atom is -0.437 e.